The van der Waals surface area contributed by atoms with Crippen LogP contribution in [0.15, 0.2) is 23.4 Å². The van der Waals surface area contributed by atoms with E-state index in [0.717, 1.165) is 11.1 Å². The van der Waals surface area contributed by atoms with Gasteiger partial charge in [0.2, 0.25) is 0 Å². The molecule has 0 aliphatic heterocycles. The highest BCUT2D eigenvalue weighted by atomic mass is 19.4. The summed E-state index contributed by atoms with van der Waals surface area (Å²) in [6.45, 7) is -1.30. The van der Waals surface area contributed by atoms with Gasteiger partial charge in [-0.3, -0.25) is 0 Å². The first-order valence-corrected chi connectivity index (χ1v) is 5.03. The molecule has 0 radical (unpaired) electrons. The Kier molecular flexibility index (Phi) is 2.95. The highest BCUT2D eigenvalue weighted by Crippen LogP contribution is 2.27. The number of halogens is 3. The molecule has 0 fully saturated rings. The summed E-state index contributed by atoms with van der Waals surface area (Å²) in [7, 11) is 0. The summed E-state index contributed by atoms with van der Waals surface area (Å²) in [6, 6.07) is 4.61. The summed E-state index contributed by atoms with van der Waals surface area (Å²) in [5, 5.41) is 11.8. The van der Waals surface area contributed by atoms with Gasteiger partial charge in [-0.05, 0) is 36.6 Å². The zero-order valence-corrected chi connectivity index (χ0v) is 8.79. The monoisotopic (exact) mass is 245 g/mol. The molecule has 1 aromatic carbocycles. The van der Waals surface area contributed by atoms with Crippen LogP contribution in [0.25, 0.3) is 0 Å². The van der Waals surface area contributed by atoms with Gasteiger partial charge in [-0.25, -0.2) is 0 Å². The third kappa shape index (κ3) is 2.69. The lowest BCUT2D eigenvalue weighted by molar-refractivity contribution is -0.153. The fraction of sp³-hybridized carbons (Fsp3) is 0.364. The van der Waals surface area contributed by atoms with E-state index in [-0.39, 0.29) is 5.75 Å². The van der Waals surface area contributed by atoms with E-state index in [1.165, 1.54) is 6.07 Å². The van der Waals surface area contributed by atoms with E-state index in [1.54, 1.807) is 12.1 Å². The molecule has 0 spiro atoms. The molecule has 92 valence electrons. The van der Waals surface area contributed by atoms with Crippen molar-refractivity contribution < 1.29 is 23.1 Å². The first-order valence-electron chi connectivity index (χ1n) is 5.03. The van der Waals surface area contributed by atoms with Gasteiger partial charge in [0.15, 0.2) is 6.61 Å². The summed E-state index contributed by atoms with van der Waals surface area (Å²) in [6.07, 6.45) is -3.09. The van der Waals surface area contributed by atoms with Crippen LogP contribution in [0.3, 0.4) is 0 Å². The Morgan fingerprint density at radius 1 is 1.29 bits per heavy atom. The zero-order chi connectivity index (χ0) is 12.5. The lowest BCUT2D eigenvalue weighted by atomic mass is 10.1. The maximum absolute atomic E-state index is 12.0. The quantitative estimate of drug-likeness (QED) is 0.643. The minimum absolute atomic E-state index is 0.181. The van der Waals surface area contributed by atoms with Crippen LogP contribution in [0, 0.1) is 0 Å². The van der Waals surface area contributed by atoms with Crippen molar-refractivity contribution in [2.45, 2.75) is 19.0 Å². The number of ether oxygens (including phenoxy) is 1. The number of benzene rings is 1. The zero-order valence-electron chi connectivity index (χ0n) is 8.79. The van der Waals surface area contributed by atoms with Crippen molar-refractivity contribution in [3.05, 3.63) is 29.3 Å². The molecular formula is C11H10F3NO2. The summed E-state index contributed by atoms with van der Waals surface area (Å²) >= 11 is 0. The molecule has 1 N–H and O–H groups in total. The Labute approximate surface area is 95.5 Å². The largest absolute Gasteiger partial charge is 0.484 e. The average molecular weight is 245 g/mol. The van der Waals surface area contributed by atoms with Gasteiger partial charge in [-0.2, -0.15) is 13.2 Å². The maximum Gasteiger partial charge on any atom is 0.422 e. The van der Waals surface area contributed by atoms with Crippen LogP contribution in [0.2, 0.25) is 0 Å². The molecule has 0 bridgehead atoms. The van der Waals surface area contributed by atoms with Crippen molar-refractivity contribution in [2.24, 2.45) is 5.16 Å². The Hall–Kier alpha value is -1.72. The van der Waals surface area contributed by atoms with Crippen LogP contribution in [0.1, 0.15) is 17.5 Å². The highest BCUT2D eigenvalue weighted by molar-refractivity contribution is 6.04. The molecular weight excluding hydrogens is 235 g/mol. The van der Waals surface area contributed by atoms with Crippen LogP contribution < -0.4 is 4.74 Å². The van der Waals surface area contributed by atoms with E-state index in [0.29, 0.717) is 18.6 Å². The Morgan fingerprint density at radius 2 is 2.06 bits per heavy atom. The normalized spacial score (nSPS) is 17.2. The number of hydrogen-bond acceptors (Lipinski definition) is 3. The van der Waals surface area contributed by atoms with Crippen LogP contribution in [0.4, 0.5) is 13.2 Å². The van der Waals surface area contributed by atoms with E-state index >= 15 is 0 Å². The molecule has 6 heteroatoms. The van der Waals surface area contributed by atoms with Gasteiger partial charge in [0.1, 0.15) is 5.75 Å². The summed E-state index contributed by atoms with van der Waals surface area (Å²) in [5.74, 6) is 0.181. The molecule has 0 amide bonds. The molecule has 3 nitrogen and oxygen atoms in total. The Bertz CT molecular complexity index is 455. The fourth-order valence-electron chi connectivity index (χ4n) is 1.81. The van der Waals surface area contributed by atoms with Gasteiger partial charge in [0, 0.05) is 5.56 Å². The summed E-state index contributed by atoms with van der Waals surface area (Å²) < 4.78 is 40.5. The fourth-order valence-corrected chi connectivity index (χ4v) is 1.81. The molecule has 1 aliphatic rings. The molecule has 0 aromatic heterocycles. The lowest BCUT2D eigenvalue weighted by Crippen LogP contribution is -2.19. The summed E-state index contributed by atoms with van der Waals surface area (Å²) in [5.41, 5.74) is 2.17. The van der Waals surface area contributed by atoms with Gasteiger partial charge in [-0.1, -0.05) is 5.16 Å². The predicted octanol–water partition coefficient (Wildman–Crippen LogP) is 2.75. The molecule has 0 saturated heterocycles. The Balaban J connectivity index is 2.13. The molecule has 2 rings (SSSR count). The Morgan fingerprint density at radius 3 is 2.71 bits per heavy atom. The molecule has 0 saturated carbocycles. The minimum atomic E-state index is -4.34. The van der Waals surface area contributed by atoms with Gasteiger partial charge in [0.05, 0.1) is 5.71 Å². The smallest absolute Gasteiger partial charge is 0.422 e. The SMILES string of the molecule is O/N=C1/CCc2cc(OCC(F)(F)F)ccc21. The minimum Gasteiger partial charge on any atom is -0.484 e. The van der Waals surface area contributed by atoms with Crippen molar-refractivity contribution in [1.82, 2.24) is 0 Å². The maximum atomic E-state index is 12.0. The second kappa shape index (κ2) is 4.27. The van der Waals surface area contributed by atoms with Gasteiger partial charge in [0.25, 0.3) is 0 Å². The van der Waals surface area contributed by atoms with Crippen LogP contribution in [-0.2, 0) is 6.42 Å². The van der Waals surface area contributed by atoms with Crippen molar-refractivity contribution in [3.63, 3.8) is 0 Å². The number of oxime groups is 1. The first-order chi connectivity index (χ1) is 7.99. The van der Waals surface area contributed by atoms with E-state index in [4.69, 9.17) is 5.21 Å². The molecule has 1 aliphatic carbocycles. The number of rotatable bonds is 2. The number of fused-ring (bicyclic) bond motifs is 1. The standard InChI is InChI=1S/C11H10F3NO2/c12-11(13,14)6-17-8-2-3-9-7(5-8)1-4-10(9)15-16/h2-3,5,16H,1,4,6H2/b15-10-. The van der Waals surface area contributed by atoms with Crippen molar-refractivity contribution in [1.29, 1.82) is 0 Å². The first kappa shape index (κ1) is 11.8. The topological polar surface area (TPSA) is 41.8 Å². The van der Waals surface area contributed by atoms with Crippen molar-refractivity contribution in [3.8, 4) is 5.75 Å². The van der Waals surface area contributed by atoms with Crippen molar-refractivity contribution in [2.75, 3.05) is 6.61 Å². The second-order valence-electron chi connectivity index (χ2n) is 3.77. The molecule has 1 aromatic rings. The average Bonchev–Trinajstić information content (AvgIpc) is 2.67. The molecule has 0 atom stereocenters. The summed E-state index contributed by atoms with van der Waals surface area (Å²) in [4.78, 5) is 0. The molecule has 0 heterocycles. The van der Waals surface area contributed by atoms with E-state index in [9.17, 15) is 13.2 Å². The predicted molar refractivity (Wildman–Crippen MR) is 54.6 cm³/mol. The van der Waals surface area contributed by atoms with E-state index in [2.05, 4.69) is 9.89 Å². The van der Waals surface area contributed by atoms with Crippen LogP contribution in [0.5, 0.6) is 5.75 Å². The van der Waals surface area contributed by atoms with E-state index < -0.39 is 12.8 Å². The highest BCUT2D eigenvalue weighted by Gasteiger charge is 2.28. The lowest BCUT2D eigenvalue weighted by Gasteiger charge is -2.10. The number of nitrogens with zero attached hydrogens (tertiary/aromatic N) is 1. The van der Waals surface area contributed by atoms with Crippen LogP contribution in [-0.4, -0.2) is 23.7 Å². The molecule has 0 unspecified atom stereocenters. The second-order valence-corrected chi connectivity index (χ2v) is 3.77. The number of alkyl halides is 3. The van der Waals surface area contributed by atoms with E-state index in [1.807, 2.05) is 0 Å². The van der Waals surface area contributed by atoms with Crippen molar-refractivity contribution >= 4 is 5.71 Å². The number of hydrogen-bond donors (Lipinski definition) is 1. The third-order valence-electron chi connectivity index (χ3n) is 2.54. The third-order valence-corrected chi connectivity index (χ3v) is 2.54. The number of aryl methyl sites for hydroxylation is 1. The molecule has 17 heavy (non-hydrogen) atoms. The van der Waals surface area contributed by atoms with Crippen LogP contribution >= 0.6 is 0 Å². The van der Waals surface area contributed by atoms with Gasteiger partial charge in [-0.15, -0.1) is 0 Å². The van der Waals surface area contributed by atoms with Gasteiger partial charge >= 0.3 is 6.18 Å². The van der Waals surface area contributed by atoms with Gasteiger partial charge < -0.3 is 9.94 Å².